The lowest BCUT2D eigenvalue weighted by Crippen LogP contribution is -2.27. The molecular weight excluding hydrogens is 271 g/mol. The van der Waals surface area contributed by atoms with Crippen LogP contribution in [0.15, 0.2) is 24.3 Å². The van der Waals surface area contributed by atoms with E-state index < -0.39 is 0 Å². The van der Waals surface area contributed by atoms with Gasteiger partial charge in [0.25, 0.3) is 0 Å². The zero-order chi connectivity index (χ0) is 12.1. The van der Waals surface area contributed by atoms with Gasteiger partial charge in [-0.05, 0) is 49.7 Å². The largest absolute Gasteiger partial charge is 0.492 e. The average molecular weight is 291 g/mol. The highest BCUT2D eigenvalue weighted by atomic mass is 35.5. The van der Waals surface area contributed by atoms with Crippen molar-refractivity contribution in [1.82, 2.24) is 4.90 Å². The van der Waals surface area contributed by atoms with Crippen LogP contribution in [0, 0.1) is 5.92 Å². The van der Waals surface area contributed by atoms with E-state index in [1.54, 1.807) is 0 Å². The van der Waals surface area contributed by atoms with Crippen LogP contribution in [0.1, 0.15) is 6.42 Å². The molecule has 1 heterocycles. The number of halogens is 2. The van der Waals surface area contributed by atoms with Crippen molar-refractivity contribution in [2.24, 2.45) is 11.7 Å². The molecule has 1 atom stereocenters. The molecule has 3 nitrogen and oxygen atoms in total. The first-order chi connectivity index (χ1) is 8.28. The lowest BCUT2D eigenvalue weighted by molar-refractivity contribution is 0.233. The zero-order valence-corrected chi connectivity index (χ0v) is 11.9. The minimum Gasteiger partial charge on any atom is -0.492 e. The van der Waals surface area contributed by atoms with Gasteiger partial charge in [-0.2, -0.15) is 0 Å². The smallest absolute Gasteiger partial charge is 0.119 e. The fraction of sp³-hybridized carbons (Fsp3) is 0.538. The summed E-state index contributed by atoms with van der Waals surface area (Å²) in [4.78, 5) is 2.41. The van der Waals surface area contributed by atoms with Crippen molar-refractivity contribution in [3.63, 3.8) is 0 Å². The van der Waals surface area contributed by atoms with Crippen molar-refractivity contribution in [2.45, 2.75) is 6.42 Å². The normalized spacial score (nSPS) is 19.6. The Morgan fingerprint density at radius 1 is 1.33 bits per heavy atom. The molecule has 0 aromatic heterocycles. The number of ether oxygens (including phenoxy) is 1. The van der Waals surface area contributed by atoms with Crippen LogP contribution in [0.4, 0.5) is 0 Å². The molecule has 1 aromatic rings. The Balaban J connectivity index is 0.00000162. The SMILES string of the molecule is Cl.NCC1CCN(CCOc2ccc(Cl)cc2)C1. The summed E-state index contributed by atoms with van der Waals surface area (Å²) in [6.07, 6.45) is 1.22. The standard InChI is InChI=1S/C13H19ClN2O.ClH/c14-12-1-3-13(4-2-12)17-8-7-16-6-5-11(9-15)10-16;/h1-4,11H,5-10,15H2;1H. The zero-order valence-electron chi connectivity index (χ0n) is 10.3. The molecule has 0 saturated carbocycles. The molecule has 1 aliphatic rings. The first-order valence-electron chi connectivity index (χ1n) is 6.08. The van der Waals surface area contributed by atoms with Gasteiger partial charge < -0.3 is 10.5 Å². The third-order valence-corrected chi connectivity index (χ3v) is 3.45. The monoisotopic (exact) mass is 290 g/mol. The number of benzene rings is 1. The molecule has 1 aliphatic heterocycles. The number of likely N-dealkylation sites (tertiary alicyclic amines) is 1. The van der Waals surface area contributed by atoms with Gasteiger partial charge in [-0.15, -0.1) is 12.4 Å². The minimum absolute atomic E-state index is 0. The first kappa shape index (κ1) is 15.6. The maximum atomic E-state index is 5.81. The van der Waals surface area contributed by atoms with Crippen LogP contribution in [0.5, 0.6) is 5.75 Å². The second-order valence-corrected chi connectivity index (χ2v) is 4.93. The second-order valence-electron chi connectivity index (χ2n) is 4.49. The summed E-state index contributed by atoms with van der Waals surface area (Å²) in [5, 5.41) is 0.739. The Hall–Kier alpha value is -0.480. The minimum atomic E-state index is 0. The molecule has 0 amide bonds. The maximum absolute atomic E-state index is 5.81. The highest BCUT2D eigenvalue weighted by molar-refractivity contribution is 6.30. The van der Waals surface area contributed by atoms with E-state index in [2.05, 4.69) is 4.90 Å². The lowest BCUT2D eigenvalue weighted by atomic mass is 10.1. The molecule has 2 rings (SSSR count). The summed E-state index contributed by atoms with van der Waals surface area (Å²) in [7, 11) is 0. The molecule has 0 radical (unpaired) electrons. The molecule has 2 N–H and O–H groups in total. The predicted octanol–water partition coefficient (Wildman–Crippen LogP) is 2.42. The van der Waals surface area contributed by atoms with Crippen LogP contribution in [-0.4, -0.2) is 37.7 Å². The van der Waals surface area contributed by atoms with Crippen LogP contribution < -0.4 is 10.5 Å². The van der Waals surface area contributed by atoms with Gasteiger partial charge in [0.1, 0.15) is 12.4 Å². The molecule has 1 saturated heterocycles. The number of nitrogens with zero attached hydrogens (tertiary/aromatic N) is 1. The van der Waals surface area contributed by atoms with Crippen molar-refractivity contribution in [3.8, 4) is 5.75 Å². The van der Waals surface area contributed by atoms with E-state index in [0.29, 0.717) is 5.92 Å². The van der Waals surface area contributed by atoms with Gasteiger partial charge in [0.15, 0.2) is 0 Å². The van der Waals surface area contributed by atoms with E-state index in [-0.39, 0.29) is 12.4 Å². The topological polar surface area (TPSA) is 38.5 Å². The summed E-state index contributed by atoms with van der Waals surface area (Å²) in [5.74, 6) is 1.55. The highest BCUT2D eigenvalue weighted by Crippen LogP contribution is 2.17. The quantitative estimate of drug-likeness (QED) is 0.905. The number of hydrogen-bond donors (Lipinski definition) is 1. The van der Waals surface area contributed by atoms with Crippen molar-refractivity contribution in [2.75, 3.05) is 32.8 Å². The Kier molecular flexibility index (Phi) is 6.79. The van der Waals surface area contributed by atoms with Crippen LogP contribution in [0.3, 0.4) is 0 Å². The Morgan fingerprint density at radius 3 is 2.67 bits per heavy atom. The molecule has 1 unspecified atom stereocenters. The fourth-order valence-corrected chi connectivity index (χ4v) is 2.26. The average Bonchev–Trinajstić information content (AvgIpc) is 2.80. The molecule has 0 bridgehead atoms. The van der Waals surface area contributed by atoms with E-state index in [1.165, 1.54) is 6.42 Å². The first-order valence-corrected chi connectivity index (χ1v) is 6.46. The van der Waals surface area contributed by atoms with Gasteiger partial charge in [-0.25, -0.2) is 0 Å². The molecule has 0 aliphatic carbocycles. The summed E-state index contributed by atoms with van der Waals surface area (Å²) >= 11 is 5.81. The highest BCUT2D eigenvalue weighted by Gasteiger charge is 2.20. The molecular formula is C13H20Cl2N2O. The molecule has 1 fully saturated rings. The van der Waals surface area contributed by atoms with Crippen molar-refractivity contribution in [3.05, 3.63) is 29.3 Å². The number of nitrogens with two attached hydrogens (primary N) is 1. The van der Waals surface area contributed by atoms with Crippen LogP contribution in [0.2, 0.25) is 5.02 Å². The Labute approximate surface area is 120 Å². The fourth-order valence-electron chi connectivity index (χ4n) is 2.13. The maximum Gasteiger partial charge on any atom is 0.119 e. The number of hydrogen-bond acceptors (Lipinski definition) is 3. The van der Waals surface area contributed by atoms with Crippen LogP contribution >= 0.6 is 24.0 Å². The van der Waals surface area contributed by atoms with Crippen molar-refractivity contribution >= 4 is 24.0 Å². The van der Waals surface area contributed by atoms with Gasteiger partial charge in [0, 0.05) is 18.1 Å². The number of rotatable bonds is 5. The summed E-state index contributed by atoms with van der Waals surface area (Å²) in [5.41, 5.74) is 5.66. The Bertz CT molecular complexity index is 345. The summed E-state index contributed by atoms with van der Waals surface area (Å²) < 4.78 is 5.66. The third kappa shape index (κ3) is 4.65. The van der Waals surface area contributed by atoms with Crippen molar-refractivity contribution in [1.29, 1.82) is 0 Å². The summed E-state index contributed by atoms with van der Waals surface area (Å²) in [6, 6.07) is 7.48. The van der Waals surface area contributed by atoms with E-state index >= 15 is 0 Å². The van der Waals surface area contributed by atoms with E-state index in [9.17, 15) is 0 Å². The molecule has 5 heteroatoms. The van der Waals surface area contributed by atoms with Crippen LogP contribution in [0.25, 0.3) is 0 Å². The summed E-state index contributed by atoms with van der Waals surface area (Å²) in [6.45, 7) is 4.75. The third-order valence-electron chi connectivity index (χ3n) is 3.19. The van der Waals surface area contributed by atoms with E-state index in [4.69, 9.17) is 22.1 Å². The second kappa shape index (κ2) is 7.85. The Morgan fingerprint density at radius 2 is 2.06 bits per heavy atom. The van der Waals surface area contributed by atoms with Gasteiger partial charge in [0.05, 0.1) is 0 Å². The van der Waals surface area contributed by atoms with Gasteiger partial charge >= 0.3 is 0 Å². The molecule has 0 spiro atoms. The molecule has 102 valence electrons. The lowest BCUT2D eigenvalue weighted by Gasteiger charge is -2.16. The van der Waals surface area contributed by atoms with E-state index in [1.807, 2.05) is 24.3 Å². The van der Waals surface area contributed by atoms with Gasteiger partial charge in [-0.1, -0.05) is 11.6 Å². The van der Waals surface area contributed by atoms with Gasteiger partial charge in [0.2, 0.25) is 0 Å². The predicted molar refractivity (Wildman–Crippen MR) is 77.8 cm³/mol. The van der Waals surface area contributed by atoms with Crippen molar-refractivity contribution < 1.29 is 4.74 Å². The molecule has 1 aromatic carbocycles. The molecule has 18 heavy (non-hydrogen) atoms. The van der Waals surface area contributed by atoms with Gasteiger partial charge in [-0.3, -0.25) is 4.90 Å². The van der Waals surface area contributed by atoms with Crippen LogP contribution in [-0.2, 0) is 0 Å². The van der Waals surface area contributed by atoms with E-state index in [0.717, 1.165) is 43.6 Å².